The highest BCUT2D eigenvalue weighted by Crippen LogP contribution is 2.36. The molecule has 0 unspecified atom stereocenters. The minimum atomic E-state index is 0.244. The molecule has 0 radical (unpaired) electrons. The highest BCUT2D eigenvalue weighted by atomic mass is 127. The molecule has 4 nitrogen and oxygen atoms in total. The van der Waals surface area contributed by atoms with Gasteiger partial charge < -0.3 is 10.3 Å². The van der Waals surface area contributed by atoms with Gasteiger partial charge in [0.1, 0.15) is 5.69 Å². The molecule has 0 aliphatic heterocycles. The first-order valence-corrected chi connectivity index (χ1v) is 7.24. The average Bonchev–Trinajstić information content (AvgIpc) is 2.85. The lowest BCUT2D eigenvalue weighted by molar-refractivity contribution is 0.439. The van der Waals surface area contributed by atoms with Gasteiger partial charge in [-0.3, -0.25) is 4.98 Å². The molecule has 0 bridgehead atoms. The summed E-state index contributed by atoms with van der Waals surface area (Å²) in [5.74, 6) is 0.244. The smallest absolute Gasteiger partial charge is 0.232 e. The van der Waals surface area contributed by atoms with Crippen LogP contribution >= 0.6 is 34.2 Å². The molecule has 2 N–H and O–H groups in total. The van der Waals surface area contributed by atoms with Gasteiger partial charge in [-0.15, -0.1) is 0 Å². The van der Waals surface area contributed by atoms with E-state index in [0.29, 0.717) is 16.3 Å². The monoisotopic (exact) mass is 397 g/mol. The number of hydrogen-bond acceptors (Lipinski definition) is 4. The summed E-state index contributed by atoms with van der Waals surface area (Å²) in [7, 11) is 0. The Morgan fingerprint density at radius 1 is 1.20 bits per heavy atom. The van der Waals surface area contributed by atoms with Gasteiger partial charge in [-0.1, -0.05) is 28.9 Å². The minimum absolute atomic E-state index is 0.244. The molecule has 0 saturated carbocycles. The summed E-state index contributed by atoms with van der Waals surface area (Å²) in [6.07, 6.45) is 1.70. The summed E-state index contributed by atoms with van der Waals surface area (Å²) in [6.45, 7) is 0. The van der Waals surface area contributed by atoms with Crippen molar-refractivity contribution in [3.63, 3.8) is 0 Å². The number of nitrogens with zero attached hydrogens (tertiary/aromatic N) is 2. The van der Waals surface area contributed by atoms with Crippen LogP contribution in [0.4, 0.5) is 5.88 Å². The van der Waals surface area contributed by atoms with Gasteiger partial charge in [-0.25, -0.2) is 0 Å². The van der Waals surface area contributed by atoms with E-state index >= 15 is 0 Å². The molecule has 0 amide bonds. The number of aromatic nitrogens is 2. The molecule has 2 heterocycles. The Bertz CT molecular complexity index is 758. The fraction of sp³-hybridized carbons (Fsp3) is 0. The Balaban J connectivity index is 2.18. The molecule has 3 aromatic rings. The molecule has 0 spiro atoms. The first kappa shape index (κ1) is 13.4. The van der Waals surface area contributed by atoms with E-state index in [1.807, 2.05) is 36.4 Å². The van der Waals surface area contributed by atoms with E-state index in [9.17, 15) is 0 Å². The summed E-state index contributed by atoms with van der Waals surface area (Å²) in [5.41, 5.74) is 8.76. The van der Waals surface area contributed by atoms with Crippen molar-refractivity contribution in [3.8, 4) is 22.5 Å². The fourth-order valence-corrected chi connectivity index (χ4v) is 2.42. The number of nitrogens with two attached hydrogens (primary N) is 1. The molecule has 1 aromatic carbocycles. The Morgan fingerprint density at radius 3 is 2.75 bits per heavy atom. The zero-order chi connectivity index (χ0) is 14.1. The van der Waals surface area contributed by atoms with E-state index in [1.165, 1.54) is 0 Å². The molecular weight excluding hydrogens is 389 g/mol. The van der Waals surface area contributed by atoms with Gasteiger partial charge in [0.15, 0.2) is 0 Å². The third-order valence-corrected chi connectivity index (χ3v) is 4.40. The van der Waals surface area contributed by atoms with Gasteiger partial charge in [-0.05, 0) is 46.9 Å². The minimum Gasteiger partial charge on any atom is -0.367 e. The van der Waals surface area contributed by atoms with E-state index < -0.39 is 0 Å². The zero-order valence-corrected chi connectivity index (χ0v) is 13.1. The maximum atomic E-state index is 6.16. The van der Waals surface area contributed by atoms with Crippen molar-refractivity contribution < 1.29 is 4.52 Å². The Kier molecular flexibility index (Phi) is 3.62. The number of benzene rings is 1. The first-order valence-electron chi connectivity index (χ1n) is 5.79. The van der Waals surface area contributed by atoms with Crippen LogP contribution < -0.4 is 5.73 Å². The number of rotatable bonds is 2. The van der Waals surface area contributed by atoms with Crippen LogP contribution in [0.15, 0.2) is 47.1 Å². The van der Waals surface area contributed by atoms with Crippen LogP contribution in [0.1, 0.15) is 0 Å². The predicted molar refractivity (Wildman–Crippen MR) is 87.3 cm³/mol. The van der Waals surface area contributed by atoms with E-state index in [-0.39, 0.29) is 5.88 Å². The lowest BCUT2D eigenvalue weighted by Gasteiger charge is -2.03. The summed E-state index contributed by atoms with van der Waals surface area (Å²) >= 11 is 8.33. The van der Waals surface area contributed by atoms with E-state index in [0.717, 1.165) is 14.8 Å². The van der Waals surface area contributed by atoms with Crippen molar-refractivity contribution in [2.24, 2.45) is 0 Å². The van der Waals surface area contributed by atoms with Gasteiger partial charge in [0.25, 0.3) is 0 Å². The van der Waals surface area contributed by atoms with Crippen LogP contribution in [-0.4, -0.2) is 10.1 Å². The van der Waals surface area contributed by atoms with Crippen LogP contribution in [0.5, 0.6) is 0 Å². The molecule has 2 aromatic heterocycles. The van der Waals surface area contributed by atoms with Crippen LogP contribution in [0.2, 0.25) is 5.02 Å². The molecule has 0 saturated heterocycles. The summed E-state index contributed by atoms with van der Waals surface area (Å²) in [6, 6.07) is 11.3. The van der Waals surface area contributed by atoms with Crippen molar-refractivity contribution in [3.05, 3.63) is 51.2 Å². The third-order valence-electron chi connectivity index (χ3n) is 2.83. The molecule has 6 heteroatoms. The fourth-order valence-electron chi connectivity index (χ4n) is 1.90. The van der Waals surface area contributed by atoms with Crippen LogP contribution in [0, 0.1) is 3.57 Å². The zero-order valence-electron chi connectivity index (χ0n) is 10.2. The average molecular weight is 398 g/mol. The van der Waals surface area contributed by atoms with Gasteiger partial charge in [-0.2, -0.15) is 0 Å². The quantitative estimate of drug-likeness (QED) is 0.657. The normalized spacial score (nSPS) is 10.7. The standard InChI is InChI=1S/C14H9ClIN3O/c15-9-7-8(4-5-10(9)16)13-12(14(17)20-19-13)11-3-1-2-6-18-11/h1-7H,17H2. The lowest BCUT2D eigenvalue weighted by Crippen LogP contribution is -1.90. The molecule has 0 aliphatic carbocycles. The largest absolute Gasteiger partial charge is 0.367 e. The number of hydrogen-bond donors (Lipinski definition) is 1. The molecule has 0 aliphatic rings. The van der Waals surface area contributed by atoms with Crippen molar-refractivity contribution in [1.29, 1.82) is 0 Å². The summed E-state index contributed by atoms with van der Waals surface area (Å²) < 4.78 is 6.09. The molecule has 3 rings (SSSR count). The maximum Gasteiger partial charge on any atom is 0.232 e. The van der Waals surface area contributed by atoms with Gasteiger partial charge in [0, 0.05) is 15.3 Å². The highest BCUT2D eigenvalue weighted by molar-refractivity contribution is 14.1. The predicted octanol–water partition coefficient (Wildman–Crippen LogP) is 4.24. The number of anilines is 1. The molecule has 20 heavy (non-hydrogen) atoms. The van der Waals surface area contributed by atoms with Gasteiger partial charge in [0.05, 0.1) is 16.3 Å². The number of halogens is 2. The Labute approximate surface area is 134 Å². The van der Waals surface area contributed by atoms with Crippen molar-refractivity contribution in [2.45, 2.75) is 0 Å². The Hall–Kier alpha value is -1.60. The highest BCUT2D eigenvalue weighted by Gasteiger charge is 2.18. The lowest BCUT2D eigenvalue weighted by atomic mass is 10.0. The molecule has 0 fully saturated rings. The van der Waals surface area contributed by atoms with Crippen molar-refractivity contribution in [1.82, 2.24) is 10.1 Å². The van der Waals surface area contributed by atoms with Crippen LogP contribution in [0.25, 0.3) is 22.5 Å². The van der Waals surface area contributed by atoms with Gasteiger partial charge >= 0.3 is 0 Å². The van der Waals surface area contributed by atoms with Crippen molar-refractivity contribution in [2.75, 3.05) is 5.73 Å². The van der Waals surface area contributed by atoms with E-state index in [2.05, 4.69) is 32.7 Å². The first-order chi connectivity index (χ1) is 9.66. The van der Waals surface area contributed by atoms with Crippen molar-refractivity contribution >= 4 is 40.1 Å². The Morgan fingerprint density at radius 2 is 2.05 bits per heavy atom. The summed E-state index contributed by atoms with van der Waals surface area (Å²) in [4.78, 5) is 4.29. The van der Waals surface area contributed by atoms with Crippen LogP contribution in [-0.2, 0) is 0 Å². The topological polar surface area (TPSA) is 64.9 Å². The summed E-state index contributed by atoms with van der Waals surface area (Å²) in [5, 5.41) is 4.70. The van der Waals surface area contributed by atoms with Gasteiger partial charge in [0.2, 0.25) is 5.88 Å². The third kappa shape index (κ3) is 2.38. The number of nitrogen functional groups attached to an aromatic ring is 1. The second-order valence-corrected chi connectivity index (χ2v) is 5.68. The molecular formula is C14H9ClIN3O. The van der Waals surface area contributed by atoms with E-state index in [1.54, 1.807) is 6.20 Å². The number of pyridine rings is 1. The van der Waals surface area contributed by atoms with Crippen LogP contribution in [0.3, 0.4) is 0 Å². The molecule has 0 atom stereocenters. The SMILES string of the molecule is Nc1onc(-c2ccc(I)c(Cl)c2)c1-c1ccccn1. The second-order valence-electron chi connectivity index (χ2n) is 4.11. The molecule has 100 valence electrons. The maximum absolute atomic E-state index is 6.16. The second kappa shape index (κ2) is 5.41. The van der Waals surface area contributed by atoms with E-state index in [4.69, 9.17) is 21.9 Å².